The molecular weight excluding hydrogens is 237 g/mol. The van der Waals surface area contributed by atoms with E-state index in [1.54, 1.807) is 24.3 Å². The summed E-state index contributed by atoms with van der Waals surface area (Å²) in [4.78, 5) is 13.2. The lowest BCUT2D eigenvalue weighted by molar-refractivity contribution is 0.102. The summed E-state index contributed by atoms with van der Waals surface area (Å²) in [5, 5.41) is 2.72. The molecule has 1 N–H and O–H groups in total. The van der Waals surface area contributed by atoms with Crippen LogP contribution in [0.1, 0.15) is 10.4 Å². The van der Waals surface area contributed by atoms with Crippen molar-refractivity contribution >= 4 is 23.4 Å². The quantitative estimate of drug-likeness (QED) is 0.769. The fourth-order valence-corrected chi connectivity index (χ4v) is 2.79. The average molecular weight is 245 g/mol. The van der Waals surface area contributed by atoms with Crippen molar-refractivity contribution in [1.29, 1.82) is 0 Å². The SMILES string of the molecule is O=C1Nc2cccc(F)c2Sc2ccccc21. The number of fused-ring (bicyclic) bond motifs is 2. The Labute approximate surface area is 102 Å². The van der Waals surface area contributed by atoms with Crippen LogP contribution in [0, 0.1) is 5.82 Å². The minimum atomic E-state index is -0.315. The van der Waals surface area contributed by atoms with Crippen LogP contribution in [0.5, 0.6) is 0 Å². The van der Waals surface area contributed by atoms with Gasteiger partial charge in [0.25, 0.3) is 5.91 Å². The number of hydrogen-bond donors (Lipinski definition) is 1. The summed E-state index contributed by atoms with van der Waals surface area (Å²) in [6.07, 6.45) is 0. The van der Waals surface area contributed by atoms with Crippen molar-refractivity contribution in [2.24, 2.45) is 0 Å². The van der Waals surface area contributed by atoms with Gasteiger partial charge in [-0.3, -0.25) is 4.79 Å². The largest absolute Gasteiger partial charge is 0.321 e. The highest BCUT2D eigenvalue weighted by atomic mass is 32.2. The minimum absolute atomic E-state index is 0.197. The van der Waals surface area contributed by atoms with E-state index in [0.29, 0.717) is 16.1 Å². The van der Waals surface area contributed by atoms with Crippen molar-refractivity contribution in [2.45, 2.75) is 9.79 Å². The van der Waals surface area contributed by atoms with Crippen molar-refractivity contribution in [3.05, 3.63) is 53.8 Å². The van der Waals surface area contributed by atoms with Gasteiger partial charge in [0.1, 0.15) is 5.82 Å². The third-order valence-corrected chi connectivity index (χ3v) is 3.75. The molecule has 0 fully saturated rings. The van der Waals surface area contributed by atoms with Gasteiger partial charge in [0.15, 0.2) is 0 Å². The zero-order chi connectivity index (χ0) is 11.8. The third-order valence-electron chi connectivity index (χ3n) is 2.56. The Balaban J connectivity index is 2.21. The van der Waals surface area contributed by atoms with E-state index in [0.717, 1.165) is 4.90 Å². The number of carbonyl (C=O) groups excluding carboxylic acids is 1. The number of hydrogen-bond acceptors (Lipinski definition) is 2. The second-order valence-corrected chi connectivity index (χ2v) is 4.72. The summed E-state index contributed by atoms with van der Waals surface area (Å²) >= 11 is 1.28. The van der Waals surface area contributed by atoms with Gasteiger partial charge in [0.05, 0.1) is 16.1 Å². The number of nitrogens with one attached hydrogen (secondary N) is 1. The Hall–Kier alpha value is -1.81. The normalized spacial score (nSPS) is 13.4. The van der Waals surface area contributed by atoms with E-state index >= 15 is 0 Å². The first-order chi connectivity index (χ1) is 8.25. The highest BCUT2D eigenvalue weighted by Crippen LogP contribution is 2.39. The van der Waals surface area contributed by atoms with E-state index in [1.165, 1.54) is 17.8 Å². The first kappa shape index (κ1) is 10.4. The maximum atomic E-state index is 13.7. The maximum absolute atomic E-state index is 13.7. The molecule has 4 heteroatoms. The highest BCUT2D eigenvalue weighted by Gasteiger charge is 2.21. The van der Waals surface area contributed by atoms with Gasteiger partial charge >= 0.3 is 0 Å². The molecule has 0 aromatic heterocycles. The summed E-state index contributed by atoms with van der Waals surface area (Å²) in [5.41, 5.74) is 1.10. The molecule has 0 radical (unpaired) electrons. The van der Waals surface area contributed by atoms with Gasteiger partial charge < -0.3 is 5.32 Å². The number of carbonyl (C=O) groups is 1. The van der Waals surface area contributed by atoms with Crippen LogP contribution >= 0.6 is 11.8 Å². The predicted molar refractivity (Wildman–Crippen MR) is 64.9 cm³/mol. The third kappa shape index (κ3) is 1.70. The molecule has 0 unspecified atom stereocenters. The van der Waals surface area contributed by atoms with Crippen LogP contribution in [0.25, 0.3) is 0 Å². The van der Waals surface area contributed by atoms with E-state index in [2.05, 4.69) is 5.32 Å². The number of benzene rings is 2. The smallest absolute Gasteiger partial charge is 0.256 e. The van der Waals surface area contributed by atoms with Gasteiger partial charge in [0, 0.05) is 4.90 Å². The molecular formula is C13H8FNOS. The van der Waals surface area contributed by atoms with Crippen molar-refractivity contribution in [3.63, 3.8) is 0 Å². The van der Waals surface area contributed by atoms with Crippen molar-refractivity contribution < 1.29 is 9.18 Å². The van der Waals surface area contributed by atoms with Crippen LogP contribution in [0.4, 0.5) is 10.1 Å². The van der Waals surface area contributed by atoms with Crippen LogP contribution in [-0.4, -0.2) is 5.91 Å². The summed E-state index contributed by atoms with van der Waals surface area (Å²) in [6, 6.07) is 11.9. The zero-order valence-corrected chi connectivity index (χ0v) is 9.55. The lowest BCUT2D eigenvalue weighted by Crippen LogP contribution is -2.11. The van der Waals surface area contributed by atoms with Gasteiger partial charge in [-0.15, -0.1) is 0 Å². The monoisotopic (exact) mass is 245 g/mol. The standard InChI is InChI=1S/C13H8FNOS/c14-9-5-3-6-10-12(9)17-11-7-2-1-4-8(11)13(16)15-10/h1-7H,(H,15,16). The molecule has 17 heavy (non-hydrogen) atoms. The van der Waals surface area contributed by atoms with Gasteiger partial charge in [0.2, 0.25) is 0 Å². The molecule has 1 aliphatic heterocycles. The van der Waals surface area contributed by atoms with Gasteiger partial charge in [-0.2, -0.15) is 0 Å². The van der Waals surface area contributed by atoms with Crippen molar-refractivity contribution in [3.8, 4) is 0 Å². The van der Waals surface area contributed by atoms with E-state index in [-0.39, 0.29) is 11.7 Å². The molecule has 2 aromatic carbocycles. The molecule has 0 bridgehead atoms. The van der Waals surface area contributed by atoms with Crippen LogP contribution in [0.15, 0.2) is 52.3 Å². The Morgan fingerprint density at radius 2 is 1.88 bits per heavy atom. The molecule has 1 aliphatic rings. The molecule has 1 amide bonds. The number of amides is 1. The number of anilines is 1. The summed E-state index contributed by atoms with van der Waals surface area (Å²) in [6.45, 7) is 0. The Morgan fingerprint density at radius 1 is 1.06 bits per heavy atom. The second kappa shape index (κ2) is 3.89. The zero-order valence-electron chi connectivity index (χ0n) is 8.74. The summed E-state index contributed by atoms with van der Waals surface area (Å²) < 4.78 is 13.7. The molecule has 2 aromatic rings. The maximum Gasteiger partial charge on any atom is 0.256 e. The highest BCUT2D eigenvalue weighted by molar-refractivity contribution is 7.99. The number of halogens is 1. The fourth-order valence-electron chi connectivity index (χ4n) is 1.75. The Kier molecular flexibility index (Phi) is 2.37. The summed E-state index contributed by atoms with van der Waals surface area (Å²) in [5.74, 6) is -0.512. The lowest BCUT2D eigenvalue weighted by atomic mass is 10.2. The topological polar surface area (TPSA) is 29.1 Å². The summed E-state index contributed by atoms with van der Waals surface area (Å²) in [7, 11) is 0. The molecule has 0 atom stereocenters. The van der Waals surface area contributed by atoms with E-state index in [4.69, 9.17) is 0 Å². The van der Waals surface area contributed by atoms with Crippen LogP contribution in [-0.2, 0) is 0 Å². The average Bonchev–Trinajstić information content (AvgIpc) is 2.47. The van der Waals surface area contributed by atoms with Gasteiger partial charge in [-0.1, -0.05) is 30.0 Å². The Morgan fingerprint density at radius 3 is 2.76 bits per heavy atom. The van der Waals surface area contributed by atoms with Crippen LogP contribution < -0.4 is 5.32 Å². The molecule has 0 saturated heterocycles. The fraction of sp³-hybridized carbons (Fsp3) is 0. The van der Waals surface area contributed by atoms with Crippen molar-refractivity contribution in [2.75, 3.05) is 5.32 Å². The van der Waals surface area contributed by atoms with E-state index in [9.17, 15) is 9.18 Å². The minimum Gasteiger partial charge on any atom is -0.321 e. The molecule has 0 spiro atoms. The van der Waals surface area contributed by atoms with Crippen LogP contribution in [0.3, 0.4) is 0 Å². The van der Waals surface area contributed by atoms with E-state index < -0.39 is 0 Å². The van der Waals surface area contributed by atoms with Crippen LogP contribution in [0.2, 0.25) is 0 Å². The number of rotatable bonds is 0. The molecule has 0 aliphatic carbocycles. The van der Waals surface area contributed by atoms with Gasteiger partial charge in [-0.05, 0) is 24.3 Å². The molecule has 3 rings (SSSR count). The lowest BCUT2D eigenvalue weighted by Gasteiger charge is -2.05. The predicted octanol–water partition coefficient (Wildman–Crippen LogP) is 3.54. The first-order valence-electron chi connectivity index (χ1n) is 5.12. The molecule has 2 nitrogen and oxygen atoms in total. The molecule has 84 valence electrons. The second-order valence-electron chi connectivity index (χ2n) is 3.67. The van der Waals surface area contributed by atoms with E-state index in [1.807, 2.05) is 12.1 Å². The Bertz CT molecular complexity index is 612. The van der Waals surface area contributed by atoms with Gasteiger partial charge in [-0.25, -0.2) is 4.39 Å². The van der Waals surface area contributed by atoms with Crippen molar-refractivity contribution in [1.82, 2.24) is 0 Å². The molecule has 1 heterocycles. The molecule has 0 saturated carbocycles. The first-order valence-corrected chi connectivity index (χ1v) is 5.94.